The number of hydrogen-bond acceptors (Lipinski definition) is 6. The van der Waals surface area contributed by atoms with Gasteiger partial charge in [0.15, 0.2) is 0 Å². The van der Waals surface area contributed by atoms with Gasteiger partial charge in [-0.2, -0.15) is 0 Å². The monoisotopic (exact) mass is 491 g/mol. The normalized spacial score (nSPS) is 13.4. The van der Waals surface area contributed by atoms with Crippen molar-refractivity contribution in [3.63, 3.8) is 0 Å². The lowest BCUT2D eigenvalue weighted by Crippen LogP contribution is -2.53. The molecule has 0 aliphatic heterocycles. The molecule has 1 heterocycles. The summed E-state index contributed by atoms with van der Waals surface area (Å²) in [6, 6.07) is 3.65. The standard InChI is InChI=1S/C24H37N3O6Si/c1-10-32-21(28)19(26-22(29)33-23(2,3)4)14-17-16-13-15(27(30)31)11-12-18(16)25-20(17)34(8,9)24(5,6)7/h11-13,19,25H,10,14H2,1-9H3,(H,26,29). The molecule has 1 unspecified atom stereocenters. The minimum atomic E-state index is -2.17. The van der Waals surface area contributed by atoms with E-state index in [1.54, 1.807) is 33.8 Å². The van der Waals surface area contributed by atoms with E-state index in [1.807, 2.05) is 0 Å². The molecule has 10 heteroatoms. The van der Waals surface area contributed by atoms with Crippen LogP contribution < -0.4 is 10.6 Å². The van der Waals surface area contributed by atoms with E-state index < -0.39 is 36.7 Å². The van der Waals surface area contributed by atoms with E-state index in [-0.39, 0.29) is 23.8 Å². The SMILES string of the molecule is CCOC(=O)C(Cc1c([Si](C)(C)C(C)(C)C)[nH]c2ccc([N+](=O)[O-])cc12)NC(=O)OC(C)(C)C. The van der Waals surface area contributed by atoms with Crippen LogP contribution in [0.2, 0.25) is 18.1 Å². The Bertz CT molecular complexity index is 1080. The molecule has 9 nitrogen and oxygen atoms in total. The molecule has 188 valence electrons. The van der Waals surface area contributed by atoms with Crippen LogP contribution in [-0.2, 0) is 20.7 Å². The molecule has 0 spiro atoms. The van der Waals surface area contributed by atoms with E-state index >= 15 is 0 Å². The molecule has 2 rings (SSSR count). The van der Waals surface area contributed by atoms with Gasteiger partial charge in [0.05, 0.1) is 11.5 Å². The second-order valence-corrected chi connectivity index (χ2v) is 16.2. The molecule has 0 saturated carbocycles. The molecule has 0 aliphatic rings. The molecule has 0 bridgehead atoms. The number of benzene rings is 1. The predicted octanol–water partition coefficient (Wildman–Crippen LogP) is 4.79. The van der Waals surface area contributed by atoms with Gasteiger partial charge in [0.1, 0.15) is 19.7 Å². The first kappa shape index (κ1) is 27.4. The number of carbonyl (C=O) groups excluding carboxylic acids is 2. The molecule has 0 fully saturated rings. The molecular formula is C24H37N3O6Si. The molecule has 1 aromatic carbocycles. The number of non-ortho nitro benzene ring substituents is 1. The Morgan fingerprint density at radius 2 is 1.79 bits per heavy atom. The number of fused-ring (bicyclic) bond motifs is 1. The van der Waals surface area contributed by atoms with Crippen LogP contribution in [0.1, 0.15) is 54.0 Å². The van der Waals surface area contributed by atoms with Crippen LogP contribution in [-0.4, -0.2) is 48.3 Å². The van der Waals surface area contributed by atoms with Gasteiger partial charge < -0.3 is 19.8 Å². The van der Waals surface area contributed by atoms with Gasteiger partial charge in [-0.15, -0.1) is 0 Å². The predicted molar refractivity (Wildman–Crippen MR) is 135 cm³/mol. The van der Waals surface area contributed by atoms with Gasteiger partial charge in [-0.1, -0.05) is 33.9 Å². The number of esters is 1. The average molecular weight is 492 g/mol. The van der Waals surface area contributed by atoms with Crippen molar-refractivity contribution in [1.29, 1.82) is 0 Å². The Kier molecular flexibility index (Phi) is 7.86. The number of nitro benzene ring substituents is 1. The van der Waals surface area contributed by atoms with Gasteiger partial charge >= 0.3 is 12.1 Å². The number of alkyl carbamates (subject to hydrolysis) is 1. The molecule has 34 heavy (non-hydrogen) atoms. The summed E-state index contributed by atoms with van der Waals surface area (Å²) >= 11 is 0. The van der Waals surface area contributed by atoms with Crippen molar-refractivity contribution in [3.05, 3.63) is 33.9 Å². The Hall–Kier alpha value is -2.88. The summed E-state index contributed by atoms with van der Waals surface area (Å²) in [6.07, 6.45) is -0.619. The summed E-state index contributed by atoms with van der Waals surface area (Å²) < 4.78 is 10.6. The fourth-order valence-electron chi connectivity index (χ4n) is 3.56. The number of aromatic nitrogens is 1. The zero-order valence-corrected chi connectivity index (χ0v) is 22.6. The first-order chi connectivity index (χ1) is 15.5. The van der Waals surface area contributed by atoms with Crippen molar-refractivity contribution in [2.24, 2.45) is 0 Å². The third kappa shape index (κ3) is 6.16. The number of aromatic amines is 1. The van der Waals surface area contributed by atoms with Crippen LogP contribution in [0.3, 0.4) is 0 Å². The third-order valence-electron chi connectivity index (χ3n) is 6.27. The number of rotatable bonds is 7. The van der Waals surface area contributed by atoms with Crippen LogP contribution in [0.25, 0.3) is 10.9 Å². The van der Waals surface area contributed by atoms with Gasteiger partial charge in [-0.3, -0.25) is 10.1 Å². The smallest absolute Gasteiger partial charge is 0.408 e. The topological polar surface area (TPSA) is 124 Å². The molecule has 2 N–H and O–H groups in total. The van der Waals surface area contributed by atoms with Crippen LogP contribution in [0.4, 0.5) is 10.5 Å². The van der Waals surface area contributed by atoms with Crippen LogP contribution in [0, 0.1) is 10.1 Å². The first-order valence-electron chi connectivity index (χ1n) is 11.4. The highest BCUT2D eigenvalue weighted by Crippen LogP contribution is 2.37. The van der Waals surface area contributed by atoms with Crippen LogP contribution >= 0.6 is 0 Å². The average Bonchev–Trinajstić information content (AvgIpc) is 3.03. The molecule has 1 aromatic heterocycles. The molecule has 0 radical (unpaired) electrons. The summed E-state index contributed by atoms with van der Waals surface area (Å²) in [5.41, 5.74) is 0.749. The molecule has 0 aliphatic carbocycles. The number of amides is 1. The second-order valence-electron chi connectivity index (χ2n) is 11.0. The summed E-state index contributed by atoms with van der Waals surface area (Å²) in [5, 5.41) is 15.7. The number of nitrogens with one attached hydrogen (secondary N) is 2. The van der Waals surface area contributed by atoms with Crippen molar-refractivity contribution in [2.45, 2.75) is 84.7 Å². The van der Waals surface area contributed by atoms with Gasteiger partial charge in [0.2, 0.25) is 0 Å². The van der Waals surface area contributed by atoms with E-state index in [1.165, 1.54) is 12.1 Å². The zero-order valence-electron chi connectivity index (χ0n) is 21.6. The van der Waals surface area contributed by atoms with E-state index in [9.17, 15) is 19.7 Å². The number of hydrogen-bond donors (Lipinski definition) is 2. The molecule has 2 aromatic rings. The second kappa shape index (κ2) is 9.77. The van der Waals surface area contributed by atoms with E-state index in [0.717, 1.165) is 16.4 Å². The lowest BCUT2D eigenvalue weighted by molar-refractivity contribution is -0.384. The van der Waals surface area contributed by atoms with Gasteiger partial charge in [-0.25, -0.2) is 9.59 Å². The first-order valence-corrected chi connectivity index (χ1v) is 14.4. The van der Waals surface area contributed by atoms with Crippen molar-refractivity contribution >= 4 is 42.0 Å². The maximum Gasteiger partial charge on any atom is 0.408 e. The highest BCUT2D eigenvalue weighted by molar-refractivity contribution is 6.92. The van der Waals surface area contributed by atoms with Crippen molar-refractivity contribution < 1.29 is 24.0 Å². The Balaban J connectivity index is 2.66. The maximum absolute atomic E-state index is 12.8. The van der Waals surface area contributed by atoms with Crippen molar-refractivity contribution in [3.8, 4) is 0 Å². The number of ether oxygens (including phenoxy) is 2. The number of carbonyl (C=O) groups is 2. The highest BCUT2D eigenvalue weighted by atomic mass is 28.3. The van der Waals surface area contributed by atoms with Gasteiger partial charge in [-0.05, 0) is 44.4 Å². The Morgan fingerprint density at radius 1 is 1.18 bits per heavy atom. The van der Waals surface area contributed by atoms with E-state index in [2.05, 4.69) is 44.2 Å². The van der Waals surface area contributed by atoms with Crippen LogP contribution in [0.15, 0.2) is 18.2 Å². The molecule has 1 amide bonds. The molecule has 0 saturated heterocycles. The van der Waals surface area contributed by atoms with Crippen LogP contribution in [0.5, 0.6) is 0 Å². The maximum atomic E-state index is 12.8. The molecular weight excluding hydrogens is 454 g/mol. The van der Waals surface area contributed by atoms with E-state index in [4.69, 9.17) is 9.47 Å². The lowest BCUT2D eigenvalue weighted by atomic mass is 10.0. The highest BCUT2D eigenvalue weighted by Gasteiger charge is 2.41. The van der Waals surface area contributed by atoms with E-state index in [0.29, 0.717) is 5.39 Å². The summed E-state index contributed by atoms with van der Waals surface area (Å²) in [4.78, 5) is 39.9. The summed E-state index contributed by atoms with van der Waals surface area (Å²) in [6.45, 7) is 18.0. The summed E-state index contributed by atoms with van der Waals surface area (Å²) in [5.74, 6) is -0.589. The summed E-state index contributed by atoms with van der Waals surface area (Å²) in [7, 11) is -2.17. The fraction of sp³-hybridized carbons (Fsp3) is 0.583. The molecule has 1 atom stereocenters. The van der Waals surface area contributed by atoms with Gasteiger partial charge in [0, 0.05) is 34.8 Å². The van der Waals surface area contributed by atoms with Crippen molar-refractivity contribution in [1.82, 2.24) is 10.3 Å². The number of nitrogens with zero attached hydrogens (tertiary/aromatic N) is 1. The Morgan fingerprint density at radius 3 is 2.29 bits per heavy atom. The van der Waals surface area contributed by atoms with Gasteiger partial charge in [0.25, 0.3) is 5.69 Å². The third-order valence-corrected chi connectivity index (χ3v) is 11.7. The number of H-pyrrole nitrogens is 1. The minimum Gasteiger partial charge on any atom is -0.464 e. The minimum absolute atomic E-state index is 0.0395. The number of nitro groups is 1. The van der Waals surface area contributed by atoms with Crippen molar-refractivity contribution in [2.75, 3.05) is 6.61 Å². The Labute approximate surface area is 201 Å². The largest absolute Gasteiger partial charge is 0.464 e. The lowest BCUT2D eigenvalue weighted by Gasteiger charge is -2.37. The quantitative estimate of drug-likeness (QED) is 0.248. The zero-order chi connectivity index (χ0) is 26.1. The fourth-order valence-corrected chi connectivity index (χ4v) is 5.75.